The van der Waals surface area contributed by atoms with E-state index in [9.17, 15) is 31.1 Å². The molecule has 1 saturated heterocycles. The van der Waals surface area contributed by atoms with Crippen LogP contribution in [0.25, 0.3) is 0 Å². The molecule has 2 aliphatic rings. The van der Waals surface area contributed by atoms with E-state index >= 15 is 0 Å². The highest BCUT2D eigenvalue weighted by molar-refractivity contribution is 5.80. The monoisotopic (exact) mass is 346 g/mol. The molecule has 3 nitrogen and oxygen atoms in total. The van der Waals surface area contributed by atoms with Gasteiger partial charge in [0.2, 0.25) is 5.91 Å². The minimum Gasteiger partial charge on any atom is -0.341 e. The third kappa shape index (κ3) is 3.04. The number of amides is 1. The van der Waals surface area contributed by atoms with Crippen molar-refractivity contribution in [2.45, 2.75) is 56.9 Å². The first-order chi connectivity index (χ1) is 10.3. The molecule has 2 N–H and O–H groups in total. The fraction of sp³-hybridized carbons (Fsp3) is 0.929. The molecule has 2 atom stereocenters. The molecule has 0 aromatic rings. The Bertz CT molecular complexity index is 457. The summed E-state index contributed by atoms with van der Waals surface area (Å²) in [4.78, 5) is 13.2. The van der Waals surface area contributed by atoms with Crippen LogP contribution in [0.15, 0.2) is 0 Å². The van der Waals surface area contributed by atoms with Crippen molar-refractivity contribution < 1.29 is 31.1 Å². The number of nitrogens with two attached hydrogens (primary N) is 1. The third-order valence-electron chi connectivity index (χ3n) is 5.22. The molecule has 0 bridgehead atoms. The minimum absolute atomic E-state index is 0.396. The van der Waals surface area contributed by atoms with Crippen molar-refractivity contribution in [1.82, 2.24) is 4.90 Å². The summed E-state index contributed by atoms with van der Waals surface area (Å²) in [6.45, 7) is -0.290. The molecule has 0 aromatic heterocycles. The maximum absolute atomic E-state index is 13.1. The molecule has 2 fully saturated rings. The van der Waals surface area contributed by atoms with Gasteiger partial charge in [-0.05, 0) is 26.2 Å². The van der Waals surface area contributed by atoms with Crippen molar-refractivity contribution in [2.24, 2.45) is 17.1 Å². The van der Waals surface area contributed by atoms with Crippen molar-refractivity contribution in [3.63, 3.8) is 0 Å². The number of carbonyl (C=O) groups excluding carboxylic acids is 1. The average Bonchev–Trinajstić information content (AvgIpc) is 2.82. The quantitative estimate of drug-likeness (QED) is 0.741. The lowest BCUT2D eigenvalue weighted by atomic mass is 9.74. The summed E-state index contributed by atoms with van der Waals surface area (Å²) in [7, 11) is 0. The van der Waals surface area contributed by atoms with Crippen LogP contribution in [0.2, 0.25) is 0 Å². The van der Waals surface area contributed by atoms with Gasteiger partial charge in [0.1, 0.15) is 0 Å². The lowest BCUT2D eigenvalue weighted by molar-refractivity contribution is -0.334. The maximum atomic E-state index is 13.1. The number of likely N-dealkylation sites (tertiary alicyclic amines) is 1. The molecule has 2 unspecified atom stereocenters. The van der Waals surface area contributed by atoms with E-state index in [0.29, 0.717) is 24.2 Å². The molecule has 134 valence electrons. The van der Waals surface area contributed by atoms with Gasteiger partial charge in [-0.15, -0.1) is 0 Å². The molecule has 23 heavy (non-hydrogen) atoms. The number of hydrogen-bond donors (Lipinski definition) is 1. The molecule has 1 aliphatic carbocycles. The molecule has 0 radical (unpaired) electrons. The number of alkyl halides is 6. The molecule has 9 heteroatoms. The first kappa shape index (κ1) is 18.4. The normalized spacial score (nSPS) is 32.2. The van der Waals surface area contributed by atoms with Gasteiger partial charge in [0.15, 0.2) is 5.41 Å². The summed E-state index contributed by atoms with van der Waals surface area (Å²) in [5.74, 6) is -1.42. The molecule has 1 amide bonds. The zero-order valence-electron chi connectivity index (χ0n) is 12.7. The molecule has 0 aromatic carbocycles. The van der Waals surface area contributed by atoms with Crippen molar-refractivity contribution in [2.75, 3.05) is 13.1 Å². The van der Waals surface area contributed by atoms with Gasteiger partial charge in [0, 0.05) is 18.6 Å². The van der Waals surface area contributed by atoms with Crippen LogP contribution >= 0.6 is 0 Å². The summed E-state index contributed by atoms with van der Waals surface area (Å²) >= 11 is 0. The van der Waals surface area contributed by atoms with Crippen molar-refractivity contribution >= 4 is 5.91 Å². The van der Waals surface area contributed by atoms with E-state index in [1.54, 1.807) is 6.92 Å². The Labute approximate surface area is 130 Å². The van der Waals surface area contributed by atoms with E-state index in [2.05, 4.69) is 0 Å². The van der Waals surface area contributed by atoms with Gasteiger partial charge in [-0.1, -0.05) is 12.8 Å². The van der Waals surface area contributed by atoms with E-state index < -0.39 is 54.6 Å². The second-order valence-corrected chi connectivity index (χ2v) is 6.89. The Hall–Kier alpha value is -0.990. The molecule has 1 aliphatic heterocycles. The van der Waals surface area contributed by atoms with Gasteiger partial charge in [-0.25, -0.2) is 0 Å². The number of rotatable bonds is 1. The summed E-state index contributed by atoms with van der Waals surface area (Å²) in [6, 6.07) is 0. The zero-order chi connectivity index (χ0) is 17.7. The largest absolute Gasteiger partial charge is 0.404 e. The lowest BCUT2D eigenvalue weighted by Crippen LogP contribution is -2.55. The Balaban J connectivity index is 2.22. The Morgan fingerprint density at radius 3 is 2.09 bits per heavy atom. The van der Waals surface area contributed by atoms with Crippen LogP contribution in [0.5, 0.6) is 0 Å². The van der Waals surface area contributed by atoms with Crippen LogP contribution in [0.3, 0.4) is 0 Å². The Morgan fingerprint density at radius 2 is 1.65 bits per heavy atom. The number of carbonyl (C=O) groups is 1. The van der Waals surface area contributed by atoms with Crippen LogP contribution < -0.4 is 5.73 Å². The summed E-state index contributed by atoms with van der Waals surface area (Å²) in [6.07, 6.45) is -9.63. The number of halogens is 6. The number of nitrogens with zero attached hydrogens (tertiary/aromatic N) is 1. The van der Waals surface area contributed by atoms with Gasteiger partial charge >= 0.3 is 12.4 Å². The predicted octanol–water partition coefficient (Wildman–Crippen LogP) is 3.24. The summed E-state index contributed by atoms with van der Waals surface area (Å²) < 4.78 is 78.4. The fourth-order valence-corrected chi connectivity index (χ4v) is 3.61. The standard InChI is InChI=1S/C14H20F6N2O/c1-11(21)5-3-2-4-9(11)10(23)22-7-6-12(8-22,13(15,16)17)14(18,19)20/h9H,2-8,21H2,1H3. The Kier molecular flexibility index (Phi) is 4.41. The molecular weight excluding hydrogens is 326 g/mol. The highest BCUT2D eigenvalue weighted by Crippen LogP contribution is 2.55. The zero-order valence-corrected chi connectivity index (χ0v) is 12.7. The fourth-order valence-electron chi connectivity index (χ4n) is 3.61. The van der Waals surface area contributed by atoms with E-state index in [-0.39, 0.29) is 0 Å². The Morgan fingerprint density at radius 1 is 1.09 bits per heavy atom. The molecule has 1 heterocycles. The number of hydrogen-bond acceptors (Lipinski definition) is 2. The van der Waals surface area contributed by atoms with Crippen LogP contribution in [0.4, 0.5) is 26.3 Å². The van der Waals surface area contributed by atoms with E-state index in [1.165, 1.54) is 0 Å². The van der Waals surface area contributed by atoms with Gasteiger partial charge in [0.25, 0.3) is 0 Å². The van der Waals surface area contributed by atoms with Crippen molar-refractivity contribution in [3.8, 4) is 0 Å². The third-order valence-corrected chi connectivity index (χ3v) is 5.22. The first-order valence-electron chi connectivity index (χ1n) is 7.53. The summed E-state index contributed by atoms with van der Waals surface area (Å²) in [5, 5.41) is 0. The topological polar surface area (TPSA) is 46.3 Å². The van der Waals surface area contributed by atoms with Crippen LogP contribution in [0, 0.1) is 11.3 Å². The van der Waals surface area contributed by atoms with Crippen LogP contribution in [-0.2, 0) is 4.79 Å². The van der Waals surface area contributed by atoms with Crippen molar-refractivity contribution in [3.05, 3.63) is 0 Å². The summed E-state index contributed by atoms with van der Waals surface area (Å²) in [5.41, 5.74) is 1.31. The van der Waals surface area contributed by atoms with E-state index in [0.717, 1.165) is 6.42 Å². The van der Waals surface area contributed by atoms with Crippen LogP contribution in [0.1, 0.15) is 39.0 Å². The second-order valence-electron chi connectivity index (χ2n) is 6.89. The SMILES string of the molecule is CC1(N)CCCCC1C(=O)N1CCC(C(F)(F)F)(C(F)(F)F)C1. The highest BCUT2D eigenvalue weighted by Gasteiger charge is 2.73. The minimum atomic E-state index is -5.45. The maximum Gasteiger partial charge on any atom is 0.404 e. The average molecular weight is 346 g/mol. The molecule has 2 rings (SSSR count). The van der Waals surface area contributed by atoms with E-state index in [1.807, 2.05) is 0 Å². The predicted molar refractivity (Wildman–Crippen MR) is 70.3 cm³/mol. The van der Waals surface area contributed by atoms with Crippen molar-refractivity contribution in [1.29, 1.82) is 0 Å². The van der Waals surface area contributed by atoms with Gasteiger partial charge in [-0.2, -0.15) is 26.3 Å². The smallest absolute Gasteiger partial charge is 0.341 e. The molecule has 0 spiro atoms. The molecular formula is C14H20F6N2O. The lowest BCUT2D eigenvalue weighted by Gasteiger charge is -2.40. The van der Waals surface area contributed by atoms with Crippen LogP contribution in [-0.4, -0.2) is 41.8 Å². The molecule has 1 saturated carbocycles. The van der Waals surface area contributed by atoms with E-state index in [4.69, 9.17) is 5.73 Å². The second kappa shape index (κ2) is 5.53. The van der Waals surface area contributed by atoms with Gasteiger partial charge < -0.3 is 10.6 Å². The first-order valence-corrected chi connectivity index (χ1v) is 7.53. The highest BCUT2D eigenvalue weighted by atomic mass is 19.4. The van der Waals surface area contributed by atoms with Gasteiger partial charge in [0.05, 0.1) is 5.92 Å². The van der Waals surface area contributed by atoms with Gasteiger partial charge in [-0.3, -0.25) is 4.79 Å².